The standard InChI is InChI=1S/C21H14FNO2/c22-19-12-15(14-6-2-1-3-7-14)10-11-16(19)13-23-20(24)17-8-4-5-9-18(17)21(23)25/h1-12H,13H2. The molecule has 4 heteroatoms. The molecule has 4 rings (SSSR count). The van der Waals surface area contributed by atoms with Gasteiger partial charge in [0.25, 0.3) is 11.8 Å². The molecule has 0 N–H and O–H groups in total. The average molecular weight is 331 g/mol. The summed E-state index contributed by atoms with van der Waals surface area (Å²) in [7, 11) is 0. The first-order chi connectivity index (χ1) is 12.1. The van der Waals surface area contributed by atoms with Gasteiger partial charge in [0.15, 0.2) is 0 Å². The van der Waals surface area contributed by atoms with Gasteiger partial charge in [0.1, 0.15) is 5.82 Å². The first-order valence-corrected chi connectivity index (χ1v) is 7.94. The highest BCUT2D eigenvalue weighted by Crippen LogP contribution is 2.27. The molecule has 0 unspecified atom stereocenters. The number of nitrogens with zero attached hydrogens (tertiary/aromatic N) is 1. The third-order valence-corrected chi connectivity index (χ3v) is 4.37. The maximum absolute atomic E-state index is 14.5. The van der Waals surface area contributed by atoms with E-state index in [1.165, 1.54) is 6.07 Å². The maximum Gasteiger partial charge on any atom is 0.261 e. The predicted molar refractivity (Wildman–Crippen MR) is 92.5 cm³/mol. The SMILES string of the molecule is O=C1c2ccccc2C(=O)N1Cc1ccc(-c2ccccc2)cc1F. The minimum atomic E-state index is -0.432. The van der Waals surface area contributed by atoms with E-state index in [1.54, 1.807) is 36.4 Å². The van der Waals surface area contributed by atoms with Crippen LogP contribution in [0.25, 0.3) is 11.1 Å². The van der Waals surface area contributed by atoms with Gasteiger partial charge in [-0.3, -0.25) is 14.5 Å². The fraction of sp³-hybridized carbons (Fsp3) is 0.0476. The lowest BCUT2D eigenvalue weighted by atomic mass is 10.0. The Kier molecular flexibility index (Phi) is 3.65. The highest BCUT2D eigenvalue weighted by atomic mass is 19.1. The van der Waals surface area contributed by atoms with Crippen LogP contribution in [0.2, 0.25) is 0 Å². The van der Waals surface area contributed by atoms with Crippen molar-refractivity contribution in [2.24, 2.45) is 0 Å². The van der Waals surface area contributed by atoms with Crippen LogP contribution in [0.1, 0.15) is 26.3 Å². The van der Waals surface area contributed by atoms with Gasteiger partial charge < -0.3 is 0 Å². The van der Waals surface area contributed by atoms with Crippen molar-refractivity contribution in [1.29, 1.82) is 0 Å². The van der Waals surface area contributed by atoms with Gasteiger partial charge in [-0.05, 0) is 29.3 Å². The van der Waals surface area contributed by atoms with E-state index in [1.807, 2.05) is 30.3 Å². The van der Waals surface area contributed by atoms with E-state index in [2.05, 4.69) is 0 Å². The summed E-state index contributed by atoms with van der Waals surface area (Å²) in [6, 6.07) is 21.0. The molecule has 0 radical (unpaired) electrons. The summed E-state index contributed by atoms with van der Waals surface area (Å²) in [6.45, 7) is -0.0761. The van der Waals surface area contributed by atoms with Crippen molar-refractivity contribution in [1.82, 2.24) is 4.90 Å². The first kappa shape index (κ1) is 15.3. The number of hydrogen-bond acceptors (Lipinski definition) is 2. The Bertz CT molecular complexity index is 947. The molecular formula is C21H14FNO2. The largest absolute Gasteiger partial charge is 0.270 e. The van der Waals surface area contributed by atoms with Crippen LogP contribution in [0, 0.1) is 5.82 Å². The van der Waals surface area contributed by atoms with Crippen molar-refractivity contribution in [3.8, 4) is 11.1 Å². The van der Waals surface area contributed by atoms with Crippen LogP contribution in [-0.4, -0.2) is 16.7 Å². The number of carbonyl (C=O) groups is 2. The third kappa shape index (κ3) is 2.62. The second kappa shape index (κ2) is 5.98. The lowest BCUT2D eigenvalue weighted by Crippen LogP contribution is -2.29. The van der Waals surface area contributed by atoms with Crippen LogP contribution in [-0.2, 0) is 6.54 Å². The molecule has 0 atom stereocenters. The van der Waals surface area contributed by atoms with Gasteiger partial charge >= 0.3 is 0 Å². The zero-order valence-electron chi connectivity index (χ0n) is 13.3. The fourth-order valence-corrected chi connectivity index (χ4v) is 3.04. The molecule has 3 aromatic rings. The van der Waals surface area contributed by atoms with E-state index in [0.29, 0.717) is 16.7 Å². The molecule has 1 aliphatic rings. The summed E-state index contributed by atoms with van der Waals surface area (Å²) in [5, 5.41) is 0. The first-order valence-electron chi connectivity index (χ1n) is 7.94. The van der Waals surface area contributed by atoms with Crippen LogP contribution < -0.4 is 0 Å². The molecular weight excluding hydrogens is 317 g/mol. The summed E-state index contributed by atoms with van der Waals surface area (Å²) in [6.07, 6.45) is 0. The summed E-state index contributed by atoms with van der Waals surface area (Å²) in [5.74, 6) is -1.20. The summed E-state index contributed by atoms with van der Waals surface area (Å²) < 4.78 is 14.5. The number of fused-ring (bicyclic) bond motifs is 1. The van der Waals surface area contributed by atoms with Gasteiger partial charge in [-0.15, -0.1) is 0 Å². The summed E-state index contributed by atoms with van der Waals surface area (Å²) >= 11 is 0. The minimum absolute atomic E-state index is 0.0761. The second-order valence-electron chi connectivity index (χ2n) is 5.91. The van der Waals surface area contributed by atoms with Crippen molar-refractivity contribution in [2.45, 2.75) is 6.54 Å². The number of halogens is 1. The van der Waals surface area contributed by atoms with Gasteiger partial charge in [0, 0.05) is 5.56 Å². The van der Waals surface area contributed by atoms with Gasteiger partial charge in [-0.25, -0.2) is 4.39 Å². The Morgan fingerprint density at radius 1 is 0.720 bits per heavy atom. The zero-order chi connectivity index (χ0) is 17.4. The zero-order valence-corrected chi connectivity index (χ0v) is 13.3. The molecule has 0 spiro atoms. The Balaban J connectivity index is 1.62. The van der Waals surface area contributed by atoms with E-state index in [9.17, 15) is 14.0 Å². The lowest BCUT2D eigenvalue weighted by molar-refractivity contribution is 0.0641. The Morgan fingerprint density at radius 3 is 1.92 bits per heavy atom. The van der Waals surface area contributed by atoms with Crippen LogP contribution in [0.15, 0.2) is 72.8 Å². The Morgan fingerprint density at radius 2 is 1.32 bits per heavy atom. The van der Waals surface area contributed by atoms with Crippen LogP contribution >= 0.6 is 0 Å². The lowest BCUT2D eigenvalue weighted by Gasteiger charge is -2.15. The molecule has 0 bridgehead atoms. The number of imide groups is 1. The molecule has 3 aromatic carbocycles. The number of benzene rings is 3. The molecule has 0 saturated heterocycles. The number of rotatable bonds is 3. The number of amides is 2. The normalized spacial score (nSPS) is 13.2. The molecule has 0 aliphatic carbocycles. The van der Waals surface area contributed by atoms with Crippen molar-refractivity contribution in [2.75, 3.05) is 0 Å². The van der Waals surface area contributed by atoms with Crippen LogP contribution in [0.5, 0.6) is 0 Å². The molecule has 3 nitrogen and oxygen atoms in total. The minimum Gasteiger partial charge on any atom is -0.270 e. The van der Waals surface area contributed by atoms with E-state index >= 15 is 0 Å². The number of carbonyl (C=O) groups excluding carboxylic acids is 2. The molecule has 0 fully saturated rings. The molecule has 1 aliphatic heterocycles. The monoisotopic (exact) mass is 331 g/mol. The highest BCUT2D eigenvalue weighted by Gasteiger charge is 2.35. The van der Waals surface area contributed by atoms with Crippen molar-refractivity contribution in [3.63, 3.8) is 0 Å². The third-order valence-electron chi connectivity index (χ3n) is 4.37. The topological polar surface area (TPSA) is 37.4 Å². The molecule has 0 aromatic heterocycles. The van der Waals surface area contributed by atoms with E-state index < -0.39 is 5.82 Å². The van der Waals surface area contributed by atoms with Crippen molar-refractivity contribution < 1.29 is 14.0 Å². The second-order valence-corrected chi connectivity index (χ2v) is 5.91. The Labute approximate surface area is 144 Å². The average Bonchev–Trinajstić information content (AvgIpc) is 2.89. The van der Waals surface area contributed by atoms with Gasteiger partial charge in [-0.2, -0.15) is 0 Å². The fourth-order valence-electron chi connectivity index (χ4n) is 3.04. The van der Waals surface area contributed by atoms with Gasteiger partial charge in [0.05, 0.1) is 17.7 Å². The van der Waals surface area contributed by atoms with Crippen LogP contribution in [0.3, 0.4) is 0 Å². The van der Waals surface area contributed by atoms with Crippen molar-refractivity contribution in [3.05, 3.63) is 95.3 Å². The maximum atomic E-state index is 14.5. The highest BCUT2D eigenvalue weighted by molar-refractivity contribution is 6.21. The summed E-state index contributed by atoms with van der Waals surface area (Å²) in [4.78, 5) is 25.9. The molecule has 1 heterocycles. The quantitative estimate of drug-likeness (QED) is 0.672. The van der Waals surface area contributed by atoms with Gasteiger partial charge in [0.2, 0.25) is 0 Å². The van der Waals surface area contributed by atoms with Gasteiger partial charge in [-0.1, -0.05) is 54.6 Å². The molecule has 25 heavy (non-hydrogen) atoms. The Hall–Kier alpha value is -3.27. The predicted octanol–water partition coefficient (Wildman–Crippen LogP) is 4.29. The molecule has 2 amide bonds. The number of hydrogen-bond donors (Lipinski definition) is 0. The van der Waals surface area contributed by atoms with E-state index in [4.69, 9.17) is 0 Å². The smallest absolute Gasteiger partial charge is 0.261 e. The van der Waals surface area contributed by atoms with E-state index in [-0.39, 0.29) is 18.4 Å². The van der Waals surface area contributed by atoms with Crippen molar-refractivity contribution >= 4 is 11.8 Å². The molecule has 122 valence electrons. The van der Waals surface area contributed by atoms with Crippen LogP contribution in [0.4, 0.5) is 4.39 Å². The van der Waals surface area contributed by atoms with E-state index in [0.717, 1.165) is 16.0 Å². The molecule has 0 saturated carbocycles. The summed E-state index contributed by atoms with van der Waals surface area (Å²) in [5.41, 5.74) is 2.72.